The lowest BCUT2D eigenvalue weighted by atomic mass is 9.97. The second-order valence-electron chi connectivity index (χ2n) is 4.98. The van der Waals surface area contributed by atoms with Crippen molar-refractivity contribution in [2.75, 3.05) is 6.54 Å². The van der Waals surface area contributed by atoms with Gasteiger partial charge in [-0.25, -0.2) is 0 Å². The van der Waals surface area contributed by atoms with Crippen molar-refractivity contribution in [2.45, 2.75) is 53.0 Å². The van der Waals surface area contributed by atoms with Crippen molar-refractivity contribution < 1.29 is 0 Å². The van der Waals surface area contributed by atoms with E-state index in [1.165, 1.54) is 25.8 Å². The first kappa shape index (κ1) is 11.0. The van der Waals surface area contributed by atoms with Crippen molar-refractivity contribution in [1.29, 1.82) is 0 Å². The molecule has 0 amide bonds. The molecule has 1 rings (SSSR count). The summed E-state index contributed by atoms with van der Waals surface area (Å²) in [4.78, 5) is 0. The predicted octanol–water partition coefficient (Wildman–Crippen LogP) is 3.06. The fourth-order valence-corrected chi connectivity index (χ4v) is 1.72. The molecular formula is C12H25N. The van der Waals surface area contributed by atoms with Gasteiger partial charge in [0.15, 0.2) is 0 Å². The average Bonchev–Trinajstić information content (AvgIpc) is 2.88. The smallest absolute Gasteiger partial charge is 0.00928 e. The number of nitrogens with one attached hydrogen (secondary N) is 1. The Balaban J connectivity index is 2.15. The number of rotatable bonds is 6. The molecule has 1 N–H and O–H groups in total. The summed E-state index contributed by atoms with van der Waals surface area (Å²) < 4.78 is 0. The molecule has 0 aromatic heterocycles. The molecule has 2 unspecified atom stereocenters. The molecule has 0 saturated heterocycles. The zero-order valence-electron chi connectivity index (χ0n) is 9.64. The van der Waals surface area contributed by atoms with Gasteiger partial charge < -0.3 is 5.32 Å². The summed E-state index contributed by atoms with van der Waals surface area (Å²) in [6.07, 6.45) is 4.22. The first-order chi connectivity index (χ1) is 6.15. The zero-order chi connectivity index (χ0) is 9.84. The van der Waals surface area contributed by atoms with Gasteiger partial charge in [-0.2, -0.15) is 0 Å². The quantitative estimate of drug-likeness (QED) is 0.667. The van der Waals surface area contributed by atoms with Gasteiger partial charge in [-0.1, -0.05) is 27.7 Å². The molecule has 0 aromatic rings. The Morgan fingerprint density at radius 1 is 1.23 bits per heavy atom. The van der Waals surface area contributed by atoms with Gasteiger partial charge in [0.1, 0.15) is 0 Å². The topological polar surface area (TPSA) is 12.0 Å². The van der Waals surface area contributed by atoms with Crippen LogP contribution in [0.2, 0.25) is 0 Å². The largest absolute Gasteiger partial charge is 0.313 e. The van der Waals surface area contributed by atoms with Gasteiger partial charge in [0.05, 0.1) is 0 Å². The van der Waals surface area contributed by atoms with E-state index in [0.717, 1.165) is 23.8 Å². The Morgan fingerprint density at radius 2 is 1.85 bits per heavy atom. The van der Waals surface area contributed by atoms with E-state index in [2.05, 4.69) is 33.0 Å². The highest BCUT2D eigenvalue weighted by molar-refractivity contribution is 4.85. The van der Waals surface area contributed by atoms with Crippen LogP contribution in [0.4, 0.5) is 0 Å². The molecule has 0 spiro atoms. The van der Waals surface area contributed by atoms with E-state index in [9.17, 15) is 0 Å². The third kappa shape index (κ3) is 3.68. The van der Waals surface area contributed by atoms with Crippen molar-refractivity contribution in [1.82, 2.24) is 5.32 Å². The Bertz CT molecular complexity index is 138. The third-order valence-corrected chi connectivity index (χ3v) is 3.47. The summed E-state index contributed by atoms with van der Waals surface area (Å²) in [5.41, 5.74) is 0. The summed E-state index contributed by atoms with van der Waals surface area (Å²) in [5.74, 6) is 2.63. The Hall–Kier alpha value is -0.0400. The van der Waals surface area contributed by atoms with Crippen LogP contribution in [-0.2, 0) is 0 Å². The van der Waals surface area contributed by atoms with Crippen molar-refractivity contribution >= 4 is 0 Å². The number of hydrogen-bond donors (Lipinski definition) is 1. The van der Waals surface area contributed by atoms with Crippen molar-refractivity contribution in [3.05, 3.63) is 0 Å². The zero-order valence-corrected chi connectivity index (χ0v) is 9.64. The summed E-state index contributed by atoms with van der Waals surface area (Å²) >= 11 is 0. The lowest BCUT2D eigenvalue weighted by Crippen LogP contribution is -2.35. The van der Waals surface area contributed by atoms with Gasteiger partial charge in [0, 0.05) is 6.04 Å². The SMILES string of the molecule is CCC(NCC(C)C(C)C)C1CC1. The molecule has 2 atom stereocenters. The molecule has 1 aliphatic rings. The summed E-state index contributed by atoms with van der Waals surface area (Å²) in [6, 6.07) is 0.807. The molecule has 1 aliphatic carbocycles. The highest BCUT2D eigenvalue weighted by atomic mass is 14.9. The summed E-state index contributed by atoms with van der Waals surface area (Å²) in [7, 11) is 0. The van der Waals surface area contributed by atoms with E-state index in [-0.39, 0.29) is 0 Å². The first-order valence-corrected chi connectivity index (χ1v) is 5.88. The van der Waals surface area contributed by atoms with Crippen LogP contribution in [0.1, 0.15) is 47.0 Å². The molecule has 0 aromatic carbocycles. The van der Waals surface area contributed by atoms with Crippen LogP contribution < -0.4 is 5.32 Å². The molecule has 1 nitrogen and oxygen atoms in total. The molecule has 0 aliphatic heterocycles. The van der Waals surface area contributed by atoms with E-state index in [0.29, 0.717) is 0 Å². The fraction of sp³-hybridized carbons (Fsp3) is 1.00. The van der Waals surface area contributed by atoms with E-state index >= 15 is 0 Å². The monoisotopic (exact) mass is 183 g/mol. The van der Waals surface area contributed by atoms with Crippen molar-refractivity contribution in [2.24, 2.45) is 17.8 Å². The van der Waals surface area contributed by atoms with Crippen LogP contribution in [0.25, 0.3) is 0 Å². The second kappa shape index (κ2) is 4.99. The summed E-state index contributed by atoms with van der Waals surface area (Å²) in [6.45, 7) is 10.5. The van der Waals surface area contributed by atoms with Crippen LogP contribution in [0, 0.1) is 17.8 Å². The van der Waals surface area contributed by atoms with Gasteiger partial charge in [0.25, 0.3) is 0 Å². The maximum absolute atomic E-state index is 3.71. The van der Waals surface area contributed by atoms with Crippen molar-refractivity contribution in [3.63, 3.8) is 0 Å². The fourth-order valence-electron chi connectivity index (χ4n) is 1.72. The minimum Gasteiger partial charge on any atom is -0.313 e. The highest BCUT2D eigenvalue weighted by Crippen LogP contribution is 2.33. The molecule has 1 fully saturated rings. The standard InChI is InChI=1S/C12H25N/c1-5-12(11-6-7-11)13-8-10(4)9(2)3/h9-13H,5-8H2,1-4H3. The van der Waals surface area contributed by atoms with Crippen LogP contribution in [0.3, 0.4) is 0 Å². The lowest BCUT2D eigenvalue weighted by molar-refractivity contribution is 0.348. The highest BCUT2D eigenvalue weighted by Gasteiger charge is 2.29. The van der Waals surface area contributed by atoms with Gasteiger partial charge >= 0.3 is 0 Å². The molecule has 1 heteroatoms. The van der Waals surface area contributed by atoms with Crippen LogP contribution in [-0.4, -0.2) is 12.6 Å². The van der Waals surface area contributed by atoms with Gasteiger partial charge in [-0.3, -0.25) is 0 Å². The number of hydrogen-bond acceptors (Lipinski definition) is 1. The normalized spacial score (nSPS) is 21.9. The Kier molecular flexibility index (Phi) is 4.24. The van der Waals surface area contributed by atoms with Gasteiger partial charge in [-0.15, -0.1) is 0 Å². The maximum Gasteiger partial charge on any atom is 0.00928 e. The molecule has 0 bridgehead atoms. The van der Waals surface area contributed by atoms with Gasteiger partial charge in [-0.05, 0) is 43.6 Å². The molecule has 0 heterocycles. The molecular weight excluding hydrogens is 158 g/mol. The van der Waals surface area contributed by atoms with E-state index in [1.54, 1.807) is 0 Å². The molecule has 1 saturated carbocycles. The maximum atomic E-state index is 3.71. The Labute approximate surface area is 83.3 Å². The second-order valence-corrected chi connectivity index (χ2v) is 4.98. The van der Waals surface area contributed by atoms with Crippen molar-refractivity contribution in [3.8, 4) is 0 Å². The summed E-state index contributed by atoms with van der Waals surface area (Å²) in [5, 5.41) is 3.71. The lowest BCUT2D eigenvalue weighted by Gasteiger charge is -2.21. The molecule has 13 heavy (non-hydrogen) atoms. The van der Waals surface area contributed by atoms with Crippen LogP contribution >= 0.6 is 0 Å². The Morgan fingerprint density at radius 3 is 2.23 bits per heavy atom. The van der Waals surface area contributed by atoms with Crippen LogP contribution in [0.5, 0.6) is 0 Å². The first-order valence-electron chi connectivity index (χ1n) is 5.88. The van der Waals surface area contributed by atoms with E-state index in [4.69, 9.17) is 0 Å². The van der Waals surface area contributed by atoms with Gasteiger partial charge in [0.2, 0.25) is 0 Å². The minimum atomic E-state index is 0.807. The minimum absolute atomic E-state index is 0.807. The van der Waals surface area contributed by atoms with Crippen LogP contribution in [0.15, 0.2) is 0 Å². The molecule has 78 valence electrons. The third-order valence-electron chi connectivity index (χ3n) is 3.47. The van der Waals surface area contributed by atoms with E-state index in [1.807, 2.05) is 0 Å². The molecule has 0 radical (unpaired) electrons. The predicted molar refractivity (Wildman–Crippen MR) is 58.8 cm³/mol. The van der Waals surface area contributed by atoms with E-state index < -0.39 is 0 Å². The average molecular weight is 183 g/mol.